The Morgan fingerprint density at radius 2 is 1.53 bits per heavy atom. The van der Waals surface area contributed by atoms with E-state index in [1.54, 1.807) is 6.07 Å². The van der Waals surface area contributed by atoms with Gasteiger partial charge in [0, 0.05) is 13.1 Å². The van der Waals surface area contributed by atoms with Crippen molar-refractivity contribution in [2.24, 2.45) is 0 Å². The predicted molar refractivity (Wildman–Crippen MR) is 65.6 cm³/mol. The molecule has 5 heteroatoms. The molecule has 2 nitrogen and oxygen atoms in total. The minimum atomic E-state index is -4.40. The fourth-order valence-corrected chi connectivity index (χ4v) is 2.25. The summed E-state index contributed by atoms with van der Waals surface area (Å²) in [6, 6.07) is 11.8. The van der Waals surface area contributed by atoms with Gasteiger partial charge in [-0.3, -0.25) is 0 Å². The van der Waals surface area contributed by atoms with Crippen LogP contribution in [0.1, 0.15) is 16.8 Å². The van der Waals surface area contributed by atoms with E-state index in [2.05, 4.69) is 4.98 Å². The SMILES string of the molecule is FC(F)(F)c1cccc(N2Cc3ccccc3C2)n1. The first-order valence-corrected chi connectivity index (χ1v) is 5.90. The van der Waals surface area contributed by atoms with Gasteiger partial charge in [-0.1, -0.05) is 30.3 Å². The number of anilines is 1. The molecule has 0 saturated heterocycles. The topological polar surface area (TPSA) is 16.1 Å². The lowest BCUT2D eigenvalue weighted by Crippen LogP contribution is -2.18. The van der Waals surface area contributed by atoms with Gasteiger partial charge in [-0.2, -0.15) is 13.2 Å². The number of halogens is 3. The van der Waals surface area contributed by atoms with Gasteiger partial charge >= 0.3 is 6.18 Å². The lowest BCUT2D eigenvalue weighted by Gasteiger charge is -2.17. The van der Waals surface area contributed by atoms with Crippen molar-refractivity contribution in [3.63, 3.8) is 0 Å². The van der Waals surface area contributed by atoms with E-state index < -0.39 is 11.9 Å². The van der Waals surface area contributed by atoms with Gasteiger partial charge in [0.05, 0.1) is 0 Å². The Labute approximate surface area is 108 Å². The van der Waals surface area contributed by atoms with Gasteiger partial charge in [-0.05, 0) is 23.3 Å². The second-order valence-corrected chi connectivity index (χ2v) is 4.50. The number of alkyl halides is 3. The molecule has 0 spiro atoms. The van der Waals surface area contributed by atoms with Gasteiger partial charge in [0.2, 0.25) is 0 Å². The van der Waals surface area contributed by atoms with Crippen LogP contribution in [0.4, 0.5) is 19.0 Å². The minimum Gasteiger partial charge on any atom is -0.348 e. The molecule has 0 fully saturated rings. The van der Waals surface area contributed by atoms with Gasteiger partial charge in [0.1, 0.15) is 11.5 Å². The van der Waals surface area contributed by atoms with Crippen LogP contribution in [0.5, 0.6) is 0 Å². The van der Waals surface area contributed by atoms with E-state index in [4.69, 9.17) is 0 Å². The summed E-state index contributed by atoms with van der Waals surface area (Å²) >= 11 is 0. The zero-order valence-electron chi connectivity index (χ0n) is 9.98. The predicted octanol–water partition coefficient (Wildman–Crippen LogP) is 3.62. The lowest BCUT2D eigenvalue weighted by molar-refractivity contribution is -0.141. The number of hydrogen-bond donors (Lipinski definition) is 0. The molecule has 1 aromatic heterocycles. The molecule has 98 valence electrons. The van der Waals surface area contributed by atoms with Gasteiger partial charge in [-0.25, -0.2) is 4.98 Å². The van der Waals surface area contributed by atoms with E-state index in [1.165, 1.54) is 6.07 Å². The van der Waals surface area contributed by atoms with Crippen molar-refractivity contribution in [3.05, 3.63) is 59.3 Å². The average Bonchev–Trinajstić information content (AvgIpc) is 2.81. The van der Waals surface area contributed by atoms with E-state index in [1.807, 2.05) is 29.2 Å². The van der Waals surface area contributed by atoms with E-state index in [0.29, 0.717) is 18.9 Å². The normalized spacial score (nSPS) is 14.6. The third-order valence-corrected chi connectivity index (χ3v) is 3.19. The zero-order valence-corrected chi connectivity index (χ0v) is 9.98. The number of rotatable bonds is 1. The summed E-state index contributed by atoms with van der Waals surface area (Å²) < 4.78 is 37.9. The van der Waals surface area contributed by atoms with Crippen LogP contribution in [0.2, 0.25) is 0 Å². The van der Waals surface area contributed by atoms with Gasteiger partial charge in [0.25, 0.3) is 0 Å². The second-order valence-electron chi connectivity index (χ2n) is 4.50. The molecule has 0 aliphatic carbocycles. The summed E-state index contributed by atoms with van der Waals surface area (Å²) in [6.07, 6.45) is -4.40. The Bertz CT molecular complexity index is 583. The maximum absolute atomic E-state index is 12.6. The van der Waals surface area contributed by atoms with E-state index in [0.717, 1.165) is 17.2 Å². The molecule has 1 aromatic carbocycles. The standard InChI is InChI=1S/C14H11F3N2/c15-14(16,17)12-6-3-7-13(18-12)19-8-10-4-1-2-5-11(10)9-19/h1-7H,8-9H2. The van der Waals surface area contributed by atoms with Crippen LogP contribution in [0.15, 0.2) is 42.5 Å². The summed E-state index contributed by atoms with van der Waals surface area (Å²) in [5, 5.41) is 0. The number of benzene rings is 1. The number of nitrogens with zero attached hydrogens (tertiary/aromatic N) is 2. The van der Waals surface area contributed by atoms with Crippen LogP contribution in [-0.4, -0.2) is 4.98 Å². The first-order chi connectivity index (χ1) is 9.04. The maximum atomic E-state index is 12.6. The Morgan fingerprint density at radius 3 is 2.11 bits per heavy atom. The number of hydrogen-bond acceptors (Lipinski definition) is 2. The number of pyridine rings is 1. The molecule has 0 radical (unpaired) electrons. The summed E-state index contributed by atoms with van der Waals surface area (Å²) in [5.74, 6) is 0.367. The van der Waals surface area contributed by atoms with Crippen LogP contribution in [-0.2, 0) is 19.3 Å². The summed E-state index contributed by atoms with van der Waals surface area (Å²) in [5.41, 5.74) is 1.43. The molecule has 1 aliphatic rings. The number of fused-ring (bicyclic) bond motifs is 1. The second kappa shape index (κ2) is 4.26. The first-order valence-electron chi connectivity index (χ1n) is 5.90. The van der Waals surface area contributed by atoms with E-state index in [-0.39, 0.29) is 0 Å². The van der Waals surface area contributed by atoms with Gasteiger partial charge < -0.3 is 4.90 Å². The van der Waals surface area contributed by atoms with Crippen LogP contribution >= 0.6 is 0 Å². The third-order valence-electron chi connectivity index (χ3n) is 3.19. The van der Waals surface area contributed by atoms with Crippen molar-refractivity contribution < 1.29 is 13.2 Å². The molecular weight excluding hydrogens is 253 g/mol. The maximum Gasteiger partial charge on any atom is 0.433 e. The molecule has 0 atom stereocenters. The fourth-order valence-electron chi connectivity index (χ4n) is 2.25. The molecule has 1 aliphatic heterocycles. The molecule has 0 unspecified atom stereocenters. The molecule has 19 heavy (non-hydrogen) atoms. The molecule has 2 heterocycles. The van der Waals surface area contributed by atoms with Crippen molar-refractivity contribution in [3.8, 4) is 0 Å². The quantitative estimate of drug-likeness (QED) is 0.782. The Kier molecular flexibility index (Phi) is 2.69. The number of aromatic nitrogens is 1. The summed E-state index contributed by atoms with van der Waals surface area (Å²) in [4.78, 5) is 5.56. The minimum absolute atomic E-state index is 0.367. The van der Waals surface area contributed by atoms with E-state index >= 15 is 0 Å². The zero-order chi connectivity index (χ0) is 13.5. The van der Waals surface area contributed by atoms with Crippen LogP contribution in [0, 0.1) is 0 Å². The molecule has 0 saturated carbocycles. The molecule has 0 amide bonds. The molecular formula is C14H11F3N2. The first kappa shape index (κ1) is 12.0. The van der Waals surface area contributed by atoms with Crippen molar-refractivity contribution in [2.75, 3.05) is 4.90 Å². The van der Waals surface area contributed by atoms with Gasteiger partial charge in [-0.15, -0.1) is 0 Å². The highest BCUT2D eigenvalue weighted by Gasteiger charge is 2.33. The van der Waals surface area contributed by atoms with Crippen molar-refractivity contribution in [1.29, 1.82) is 0 Å². The summed E-state index contributed by atoms with van der Waals surface area (Å²) in [6.45, 7) is 1.20. The van der Waals surface area contributed by atoms with Crippen molar-refractivity contribution in [1.82, 2.24) is 4.98 Å². The highest BCUT2D eigenvalue weighted by atomic mass is 19.4. The highest BCUT2D eigenvalue weighted by molar-refractivity contribution is 5.47. The molecule has 0 bridgehead atoms. The van der Waals surface area contributed by atoms with Crippen LogP contribution in [0.25, 0.3) is 0 Å². The summed E-state index contributed by atoms with van der Waals surface area (Å²) in [7, 11) is 0. The van der Waals surface area contributed by atoms with Crippen LogP contribution in [0.3, 0.4) is 0 Å². The van der Waals surface area contributed by atoms with E-state index in [9.17, 15) is 13.2 Å². The lowest BCUT2D eigenvalue weighted by atomic mass is 10.1. The fraction of sp³-hybridized carbons (Fsp3) is 0.214. The highest BCUT2D eigenvalue weighted by Crippen LogP contribution is 2.31. The van der Waals surface area contributed by atoms with Crippen molar-refractivity contribution >= 4 is 5.82 Å². The monoisotopic (exact) mass is 264 g/mol. The molecule has 3 rings (SSSR count). The van der Waals surface area contributed by atoms with Crippen molar-refractivity contribution in [2.45, 2.75) is 19.3 Å². The van der Waals surface area contributed by atoms with Crippen LogP contribution < -0.4 is 4.90 Å². The van der Waals surface area contributed by atoms with Gasteiger partial charge in [0.15, 0.2) is 0 Å². The Hall–Kier alpha value is -2.04. The smallest absolute Gasteiger partial charge is 0.348 e. The Morgan fingerprint density at radius 1 is 0.895 bits per heavy atom. The molecule has 2 aromatic rings. The largest absolute Gasteiger partial charge is 0.433 e. The Balaban J connectivity index is 1.90. The average molecular weight is 264 g/mol. The third kappa shape index (κ3) is 2.28. The molecule has 0 N–H and O–H groups in total.